The van der Waals surface area contributed by atoms with Gasteiger partial charge in [-0.15, -0.1) is 5.10 Å². The van der Waals surface area contributed by atoms with E-state index in [-0.39, 0.29) is 16.6 Å². The zero-order valence-electron chi connectivity index (χ0n) is 21.8. The Morgan fingerprint density at radius 3 is 2.54 bits per heavy atom. The Hall–Kier alpha value is -4.55. The lowest BCUT2D eigenvalue weighted by molar-refractivity contribution is -0.124. The number of rotatable bonds is 7. The minimum atomic E-state index is -4.00. The number of aromatic nitrogens is 3. The van der Waals surface area contributed by atoms with Crippen LogP contribution in [0.25, 0.3) is 23.0 Å². The van der Waals surface area contributed by atoms with Gasteiger partial charge in [-0.25, -0.2) is 23.4 Å². The van der Waals surface area contributed by atoms with Gasteiger partial charge in [-0.1, -0.05) is 45.0 Å². The van der Waals surface area contributed by atoms with Gasteiger partial charge in [-0.2, -0.15) is 0 Å². The smallest absolute Gasteiger partial charge is 0.267 e. The Kier molecular flexibility index (Phi) is 7.52. The number of carbonyl (C=O) groups excluding carboxylic acids is 2. The first kappa shape index (κ1) is 27.5. The number of nitrogens with one attached hydrogen (secondary N) is 3. The van der Waals surface area contributed by atoms with Crippen LogP contribution in [0.2, 0.25) is 0 Å². The van der Waals surface area contributed by atoms with Crippen LogP contribution in [-0.2, 0) is 19.6 Å². The fraction of sp³-hybridized carbons (Fsp3) is 0.185. The Bertz CT molecular complexity index is 1700. The second-order valence-corrected chi connectivity index (χ2v) is 11.6. The quantitative estimate of drug-likeness (QED) is 0.155. The van der Waals surface area contributed by atoms with Crippen molar-refractivity contribution in [3.63, 3.8) is 0 Å². The molecule has 0 aliphatic rings. The molecule has 12 heteroatoms. The molecule has 0 unspecified atom stereocenters. The number of hydrogen-bond donors (Lipinski definition) is 4. The van der Waals surface area contributed by atoms with Crippen LogP contribution in [0.15, 0.2) is 71.8 Å². The average molecular weight is 549 g/mol. The summed E-state index contributed by atoms with van der Waals surface area (Å²) in [6, 6.07) is 14.7. The standard InChI is InChI=1S/C27H28N6O5S/c1-17-8-10-19(15-21(17)29-26(35)27(2,3)4)22-16-33-24(28-22)12-11-23(30-33)32-39(37,38)20-7-5-6-18(14-20)9-13-25(34)31-36/h5-16,36H,1-4H3,(H,29,35)(H,30,32)(H,31,34). The van der Waals surface area contributed by atoms with E-state index in [2.05, 4.69) is 20.1 Å². The fourth-order valence-electron chi connectivity index (χ4n) is 3.49. The molecular formula is C27H28N6O5S. The molecule has 0 saturated carbocycles. The summed E-state index contributed by atoms with van der Waals surface area (Å²) in [6.07, 6.45) is 4.11. The van der Waals surface area contributed by atoms with Gasteiger partial charge in [-0.05, 0) is 54.5 Å². The third kappa shape index (κ3) is 6.48. The number of aryl methyl sites for hydroxylation is 1. The summed E-state index contributed by atoms with van der Waals surface area (Å²) in [5.74, 6) is -0.766. The summed E-state index contributed by atoms with van der Waals surface area (Å²) >= 11 is 0. The number of sulfonamides is 1. The first-order valence-corrected chi connectivity index (χ1v) is 13.4. The molecule has 202 valence electrons. The second kappa shape index (κ2) is 10.7. The van der Waals surface area contributed by atoms with E-state index in [0.717, 1.165) is 17.2 Å². The van der Waals surface area contributed by atoms with E-state index in [1.54, 1.807) is 18.3 Å². The molecular weight excluding hydrogens is 520 g/mol. The number of imidazole rings is 1. The minimum Gasteiger partial charge on any atom is -0.325 e. The SMILES string of the molecule is Cc1ccc(-c2cn3nc(NS(=O)(=O)c4cccc(C=CC(=O)NO)c4)ccc3n2)cc1NC(=O)C(C)(C)C. The van der Waals surface area contributed by atoms with Gasteiger partial charge in [0.1, 0.15) is 0 Å². The van der Waals surface area contributed by atoms with Crippen LogP contribution in [0.3, 0.4) is 0 Å². The number of benzene rings is 2. The Morgan fingerprint density at radius 2 is 1.82 bits per heavy atom. The third-order valence-electron chi connectivity index (χ3n) is 5.73. The summed E-state index contributed by atoms with van der Waals surface area (Å²) in [5, 5.41) is 15.9. The van der Waals surface area contributed by atoms with Crippen LogP contribution in [0.4, 0.5) is 11.5 Å². The third-order valence-corrected chi connectivity index (χ3v) is 7.08. The molecule has 0 atom stereocenters. The number of carbonyl (C=O) groups is 2. The number of anilines is 2. The molecule has 4 N–H and O–H groups in total. The number of amides is 2. The van der Waals surface area contributed by atoms with Crippen LogP contribution in [0.1, 0.15) is 31.9 Å². The van der Waals surface area contributed by atoms with Gasteiger partial charge in [0.25, 0.3) is 15.9 Å². The maximum Gasteiger partial charge on any atom is 0.267 e. The summed E-state index contributed by atoms with van der Waals surface area (Å²) in [5.41, 5.74) is 4.82. The van der Waals surface area contributed by atoms with E-state index < -0.39 is 21.3 Å². The number of nitrogens with zero attached hydrogens (tertiary/aromatic N) is 3. The minimum absolute atomic E-state index is 0.0354. The highest BCUT2D eigenvalue weighted by atomic mass is 32.2. The van der Waals surface area contributed by atoms with Crippen molar-refractivity contribution in [2.75, 3.05) is 10.0 Å². The molecule has 0 saturated heterocycles. The lowest BCUT2D eigenvalue weighted by atomic mass is 9.95. The number of hydroxylamine groups is 1. The van der Waals surface area contributed by atoms with Crippen LogP contribution >= 0.6 is 0 Å². The lowest BCUT2D eigenvalue weighted by Gasteiger charge is -2.19. The van der Waals surface area contributed by atoms with Crippen molar-refractivity contribution in [2.45, 2.75) is 32.6 Å². The maximum absolute atomic E-state index is 13.0. The summed E-state index contributed by atoms with van der Waals surface area (Å²) < 4.78 is 29.9. The molecule has 2 aromatic carbocycles. The molecule has 0 radical (unpaired) electrons. The predicted molar refractivity (Wildman–Crippen MR) is 147 cm³/mol. The van der Waals surface area contributed by atoms with Crippen molar-refractivity contribution in [1.82, 2.24) is 20.1 Å². The lowest BCUT2D eigenvalue weighted by Crippen LogP contribution is -2.27. The van der Waals surface area contributed by atoms with E-state index in [0.29, 0.717) is 22.6 Å². The van der Waals surface area contributed by atoms with Gasteiger partial charge < -0.3 is 5.32 Å². The average Bonchev–Trinajstić information content (AvgIpc) is 3.31. The summed E-state index contributed by atoms with van der Waals surface area (Å²) in [6.45, 7) is 7.43. The molecule has 0 spiro atoms. The first-order chi connectivity index (χ1) is 18.4. The first-order valence-electron chi connectivity index (χ1n) is 11.9. The fourth-order valence-corrected chi connectivity index (χ4v) is 4.54. The van der Waals surface area contributed by atoms with Crippen LogP contribution < -0.4 is 15.5 Å². The van der Waals surface area contributed by atoms with Crippen molar-refractivity contribution >= 4 is 45.1 Å². The highest BCUT2D eigenvalue weighted by molar-refractivity contribution is 7.92. The monoisotopic (exact) mass is 548 g/mol. The van der Waals surface area contributed by atoms with Crippen molar-refractivity contribution in [3.8, 4) is 11.3 Å². The zero-order chi connectivity index (χ0) is 28.4. The molecule has 11 nitrogen and oxygen atoms in total. The van der Waals surface area contributed by atoms with Gasteiger partial charge in [0, 0.05) is 22.7 Å². The maximum atomic E-state index is 13.0. The van der Waals surface area contributed by atoms with Gasteiger partial charge in [0.2, 0.25) is 5.91 Å². The Morgan fingerprint density at radius 1 is 1.05 bits per heavy atom. The number of hydrogen-bond acceptors (Lipinski definition) is 7. The molecule has 4 rings (SSSR count). The van der Waals surface area contributed by atoms with Crippen LogP contribution in [-0.4, -0.2) is 40.0 Å². The van der Waals surface area contributed by atoms with Gasteiger partial charge in [-0.3, -0.25) is 19.5 Å². The Balaban J connectivity index is 1.58. The normalized spacial score (nSPS) is 12.0. The van der Waals surface area contributed by atoms with Crippen molar-refractivity contribution in [2.24, 2.45) is 5.41 Å². The van der Waals surface area contributed by atoms with E-state index in [1.807, 2.05) is 45.9 Å². The highest BCUT2D eigenvalue weighted by Crippen LogP contribution is 2.27. The predicted octanol–water partition coefficient (Wildman–Crippen LogP) is 4.01. The largest absolute Gasteiger partial charge is 0.325 e. The van der Waals surface area contributed by atoms with Gasteiger partial charge in [0.15, 0.2) is 11.5 Å². The number of fused-ring (bicyclic) bond motifs is 1. The molecule has 0 fully saturated rings. The molecule has 4 aromatic rings. The van der Waals surface area contributed by atoms with Crippen molar-refractivity contribution < 1.29 is 23.2 Å². The van der Waals surface area contributed by atoms with Gasteiger partial charge in [0.05, 0.1) is 16.8 Å². The highest BCUT2D eigenvalue weighted by Gasteiger charge is 2.22. The molecule has 0 aliphatic carbocycles. The van der Waals surface area contributed by atoms with Crippen molar-refractivity contribution in [3.05, 3.63) is 78.0 Å². The summed E-state index contributed by atoms with van der Waals surface area (Å²) in [4.78, 5) is 28.2. The summed E-state index contributed by atoms with van der Waals surface area (Å²) in [7, 11) is -4.00. The van der Waals surface area contributed by atoms with E-state index in [1.165, 1.54) is 40.3 Å². The van der Waals surface area contributed by atoms with E-state index in [9.17, 15) is 18.0 Å². The molecule has 2 amide bonds. The Labute approximate surface area is 225 Å². The molecule has 0 bridgehead atoms. The van der Waals surface area contributed by atoms with Crippen molar-refractivity contribution in [1.29, 1.82) is 0 Å². The molecule has 2 aromatic heterocycles. The zero-order valence-corrected chi connectivity index (χ0v) is 22.6. The second-order valence-electron chi connectivity index (χ2n) is 9.87. The van der Waals surface area contributed by atoms with E-state index in [4.69, 9.17) is 5.21 Å². The molecule has 2 heterocycles. The molecule has 39 heavy (non-hydrogen) atoms. The van der Waals surface area contributed by atoms with Gasteiger partial charge >= 0.3 is 0 Å². The van der Waals surface area contributed by atoms with Crippen LogP contribution in [0.5, 0.6) is 0 Å². The topological polar surface area (TPSA) is 155 Å². The van der Waals surface area contributed by atoms with Crippen LogP contribution in [0, 0.1) is 12.3 Å². The van der Waals surface area contributed by atoms with E-state index >= 15 is 0 Å². The molecule has 0 aliphatic heterocycles.